The molecule has 30 heavy (non-hydrogen) atoms. The fourth-order valence-electron chi connectivity index (χ4n) is 2.96. The van der Waals surface area contributed by atoms with Gasteiger partial charge < -0.3 is 20.2 Å². The van der Waals surface area contributed by atoms with Crippen LogP contribution in [0.1, 0.15) is 29.0 Å². The number of carbonyl (C=O) groups is 1. The van der Waals surface area contributed by atoms with Crippen LogP contribution in [0.5, 0.6) is 5.75 Å². The maximum Gasteiger partial charge on any atom is 0.286 e. The number of carbonyl (C=O) groups excluding carboxylic acids is 1. The largest absolute Gasteiger partial charge is 0.507 e. The lowest BCUT2D eigenvalue weighted by molar-refractivity contribution is 0.0925. The first-order valence-corrected chi connectivity index (χ1v) is 12.4. The third-order valence-corrected chi connectivity index (χ3v) is 8.80. The van der Waals surface area contributed by atoms with E-state index in [1.54, 1.807) is 18.2 Å². The van der Waals surface area contributed by atoms with Crippen molar-refractivity contribution in [1.82, 2.24) is 20.4 Å². The molecule has 0 bridgehead atoms. The zero-order chi connectivity index (χ0) is 20.9. The fraction of sp³-hybridized carbons (Fsp3) is 0.190. The fourth-order valence-corrected chi connectivity index (χ4v) is 6.48. The Morgan fingerprint density at radius 3 is 2.83 bits per heavy atom. The van der Waals surface area contributed by atoms with Gasteiger partial charge in [0.25, 0.3) is 5.91 Å². The van der Waals surface area contributed by atoms with Crippen molar-refractivity contribution in [2.45, 2.75) is 12.8 Å². The number of hydrogen-bond acceptors (Lipinski definition) is 5. The smallest absolute Gasteiger partial charge is 0.286 e. The van der Waals surface area contributed by atoms with E-state index in [-0.39, 0.29) is 5.91 Å². The third-order valence-electron chi connectivity index (χ3n) is 4.45. The van der Waals surface area contributed by atoms with E-state index in [4.69, 9.17) is 4.42 Å². The zero-order valence-electron chi connectivity index (χ0n) is 15.9. The number of allylic oxidation sites excluding steroid dienone is 1. The van der Waals surface area contributed by atoms with Crippen LogP contribution in [0.4, 0.5) is 0 Å². The van der Waals surface area contributed by atoms with E-state index in [9.17, 15) is 9.90 Å². The topological polar surface area (TPSA) is 92.3 Å². The van der Waals surface area contributed by atoms with E-state index in [0.29, 0.717) is 18.1 Å². The maximum atomic E-state index is 11.9. The highest BCUT2D eigenvalue weighted by Gasteiger charge is 2.19. The minimum Gasteiger partial charge on any atom is -0.507 e. The van der Waals surface area contributed by atoms with Crippen LogP contribution in [0.15, 0.2) is 63.8 Å². The molecule has 0 fully saturated rings. The van der Waals surface area contributed by atoms with Crippen molar-refractivity contribution < 1.29 is 14.3 Å². The Morgan fingerprint density at radius 1 is 1.20 bits per heavy atom. The second-order valence-corrected chi connectivity index (χ2v) is 10.1. The molecule has 1 aromatic carbocycles. The summed E-state index contributed by atoms with van der Waals surface area (Å²) >= 11 is 3.10. The number of halogens is 2. The number of hydrogen-bond donors (Lipinski definition) is 3. The number of rotatable bonds is 8. The molecule has 1 aliphatic heterocycles. The van der Waals surface area contributed by atoms with Gasteiger partial charge in [0, 0.05) is 22.2 Å². The standard InChI is InChI=1S/C21H20BrIN4O3/c22-15-13-26-27-19(12-16(23-20(15)27)14-6-1-2-7-17(14)28)24-9-3-4-10-25-21(29)18-8-5-11-30-18/h1-2,5-8,11-13,24,28H,3-4,9-10H2,(H,25,29). The molecule has 0 aliphatic carbocycles. The average molecular weight is 583 g/mol. The number of aromatic hydroxyl groups is 1. The van der Waals surface area contributed by atoms with Crippen molar-refractivity contribution >= 4 is 51.9 Å². The van der Waals surface area contributed by atoms with Gasteiger partial charge in [-0.05, 0) is 53.0 Å². The highest BCUT2D eigenvalue weighted by Crippen LogP contribution is 2.33. The molecule has 0 unspecified atom stereocenters. The number of unbranched alkanes of at least 4 members (excludes halogenated alkanes) is 1. The van der Waals surface area contributed by atoms with Gasteiger partial charge in [-0.2, -0.15) is 5.10 Å². The molecule has 3 heterocycles. The number of phenols is 1. The molecule has 7 nitrogen and oxygen atoms in total. The molecule has 156 valence electrons. The minimum absolute atomic E-state index is 0.195. The molecule has 1 amide bonds. The van der Waals surface area contributed by atoms with Gasteiger partial charge in [0.05, 0.1) is 16.9 Å². The SMILES string of the molecule is O=C(NCCCCNC1=CC(c2ccccc2O)=Ic2c(Br)cnn21)c1ccco1. The van der Waals surface area contributed by atoms with E-state index < -0.39 is 20.7 Å². The summed E-state index contributed by atoms with van der Waals surface area (Å²) in [6.45, 7) is 1.32. The van der Waals surface area contributed by atoms with Crippen LogP contribution in [-0.4, -0.2) is 37.4 Å². The Labute approximate surface area is 192 Å². The number of fused-ring (bicyclic) bond motifs is 1. The van der Waals surface area contributed by atoms with Gasteiger partial charge in [-0.3, -0.25) is 4.79 Å². The predicted octanol–water partition coefficient (Wildman–Crippen LogP) is 3.92. The molecule has 2 aromatic heterocycles. The zero-order valence-corrected chi connectivity index (χ0v) is 19.7. The Hall–Kier alpha value is -2.40. The number of nitrogens with zero attached hydrogens (tertiary/aromatic N) is 2. The first-order valence-electron chi connectivity index (χ1n) is 9.45. The Bertz CT molecular complexity index is 1110. The van der Waals surface area contributed by atoms with Crippen molar-refractivity contribution in [2.24, 2.45) is 0 Å². The molecular weight excluding hydrogens is 563 g/mol. The molecule has 0 saturated heterocycles. The summed E-state index contributed by atoms with van der Waals surface area (Å²) in [5.74, 6) is 1.31. The number of aromatic nitrogens is 2. The maximum absolute atomic E-state index is 11.9. The predicted molar refractivity (Wildman–Crippen MR) is 127 cm³/mol. The number of phenolic OH excluding ortho intramolecular Hbond substituents is 1. The Balaban J connectivity index is 1.36. The molecule has 9 heteroatoms. The van der Waals surface area contributed by atoms with Crippen LogP contribution in [0.2, 0.25) is 0 Å². The van der Waals surface area contributed by atoms with Crippen molar-refractivity contribution in [3.05, 3.63) is 74.4 Å². The van der Waals surface area contributed by atoms with E-state index in [1.165, 1.54) is 6.26 Å². The second kappa shape index (κ2) is 9.61. The van der Waals surface area contributed by atoms with Crippen molar-refractivity contribution in [3.8, 4) is 5.75 Å². The normalized spacial score (nSPS) is 13.0. The molecular formula is C21H20BrIN4O3. The molecule has 0 atom stereocenters. The van der Waals surface area contributed by atoms with Crippen molar-refractivity contribution in [3.63, 3.8) is 0 Å². The van der Waals surface area contributed by atoms with Gasteiger partial charge in [-0.25, -0.2) is 4.68 Å². The number of nitrogens with one attached hydrogen (secondary N) is 2. The highest BCUT2D eigenvalue weighted by molar-refractivity contribution is 14.2. The van der Waals surface area contributed by atoms with E-state index in [0.717, 1.165) is 42.5 Å². The number of furan rings is 1. The van der Waals surface area contributed by atoms with Gasteiger partial charge in [-0.1, -0.05) is 38.9 Å². The van der Waals surface area contributed by atoms with Gasteiger partial charge in [0.2, 0.25) is 0 Å². The van der Waals surface area contributed by atoms with Crippen LogP contribution in [0.25, 0.3) is 5.82 Å². The van der Waals surface area contributed by atoms with Gasteiger partial charge >= 0.3 is 0 Å². The van der Waals surface area contributed by atoms with Crippen molar-refractivity contribution in [2.75, 3.05) is 13.1 Å². The molecule has 0 saturated carbocycles. The van der Waals surface area contributed by atoms with Crippen LogP contribution in [-0.2, 0) is 0 Å². The number of amides is 1. The first kappa shape index (κ1) is 20.9. The number of para-hydroxylation sites is 1. The second-order valence-electron chi connectivity index (χ2n) is 6.55. The lowest BCUT2D eigenvalue weighted by Gasteiger charge is -2.18. The summed E-state index contributed by atoms with van der Waals surface area (Å²) in [4.78, 5) is 11.9. The van der Waals surface area contributed by atoms with Crippen LogP contribution in [0.3, 0.4) is 0 Å². The summed E-state index contributed by atoms with van der Waals surface area (Å²) < 4.78 is 10.3. The summed E-state index contributed by atoms with van der Waals surface area (Å²) in [6, 6.07) is 10.8. The van der Waals surface area contributed by atoms with E-state index >= 15 is 0 Å². The van der Waals surface area contributed by atoms with Gasteiger partial charge in [0.1, 0.15) is 15.3 Å². The van der Waals surface area contributed by atoms with Crippen LogP contribution >= 0.6 is 36.7 Å². The quantitative estimate of drug-likeness (QED) is 0.277. The molecule has 1 aliphatic rings. The average Bonchev–Trinajstić information content (AvgIpc) is 3.41. The lowest BCUT2D eigenvalue weighted by Crippen LogP contribution is -2.26. The summed E-state index contributed by atoms with van der Waals surface area (Å²) in [7, 11) is 0. The first-order chi connectivity index (χ1) is 14.6. The van der Waals surface area contributed by atoms with E-state index in [2.05, 4.69) is 37.7 Å². The Morgan fingerprint density at radius 2 is 2.03 bits per heavy atom. The third kappa shape index (κ3) is 4.67. The van der Waals surface area contributed by atoms with Gasteiger partial charge in [-0.15, -0.1) is 0 Å². The van der Waals surface area contributed by atoms with Gasteiger partial charge in [0.15, 0.2) is 5.76 Å². The van der Waals surface area contributed by atoms with Crippen LogP contribution < -0.4 is 10.6 Å². The summed E-state index contributed by atoms with van der Waals surface area (Å²) in [5, 5.41) is 21.1. The van der Waals surface area contributed by atoms with Crippen LogP contribution in [0, 0.1) is 3.70 Å². The summed E-state index contributed by atoms with van der Waals surface area (Å²) in [5.41, 5.74) is 0.865. The molecule has 3 aromatic rings. The highest BCUT2D eigenvalue weighted by atomic mass is 127. The molecule has 4 rings (SSSR count). The summed E-state index contributed by atoms with van der Waals surface area (Å²) in [6.07, 6.45) is 7.09. The Kier molecular flexibility index (Phi) is 6.68. The monoisotopic (exact) mass is 582 g/mol. The minimum atomic E-state index is -0.492. The molecule has 3 N–H and O–H groups in total. The van der Waals surface area contributed by atoms with Crippen molar-refractivity contribution in [1.29, 1.82) is 0 Å². The lowest BCUT2D eigenvalue weighted by atomic mass is 10.1. The van der Waals surface area contributed by atoms with E-state index in [1.807, 2.05) is 29.1 Å². The molecule has 0 radical (unpaired) electrons. The molecule has 0 spiro atoms. The number of benzene rings is 1.